The van der Waals surface area contributed by atoms with Crippen LogP contribution in [0.3, 0.4) is 0 Å². The van der Waals surface area contributed by atoms with Crippen molar-refractivity contribution in [2.45, 2.75) is 154 Å². The van der Waals surface area contributed by atoms with Crippen LogP contribution in [-0.4, -0.2) is 34.9 Å². The molecule has 0 aromatic heterocycles. The Labute approximate surface area is 223 Å². The lowest BCUT2D eigenvalue weighted by atomic mass is 10.1. The van der Waals surface area contributed by atoms with Gasteiger partial charge in [-0.2, -0.15) is 0 Å². The van der Waals surface area contributed by atoms with Crippen molar-refractivity contribution in [2.24, 2.45) is 0 Å². The van der Waals surface area contributed by atoms with E-state index in [0.717, 1.165) is 32.1 Å². The molecule has 3 N–H and O–H groups in total. The Morgan fingerprint density at radius 1 is 0.667 bits per heavy atom. The number of allylic oxidation sites excluding steroid dienone is 5. The Balaban J connectivity index is 3.56. The van der Waals surface area contributed by atoms with Gasteiger partial charge < -0.3 is 15.5 Å². The van der Waals surface area contributed by atoms with Gasteiger partial charge in [-0.25, -0.2) is 0 Å². The number of aliphatic hydroxyl groups excluding tert-OH is 2. The molecule has 0 bridgehead atoms. The van der Waals surface area contributed by atoms with Crippen molar-refractivity contribution >= 4 is 5.91 Å². The minimum Gasteiger partial charge on any atom is -0.394 e. The summed E-state index contributed by atoms with van der Waals surface area (Å²) in [5.41, 5.74) is 0. The van der Waals surface area contributed by atoms with Crippen LogP contribution in [-0.2, 0) is 4.79 Å². The number of unbranched alkanes of at least 4 members (excludes halogenated alkanes) is 15. The highest BCUT2D eigenvalue weighted by Gasteiger charge is 2.17. The van der Waals surface area contributed by atoms with Gasteiger partial charge in [-0.05, 0) is 51.4 Å². The molecule has 210 valence electrons. The fourth-order valence-electron chi connectivity index (χ4n) is 4.20. The quantitative estimate of drug-likeness (QED) is 0.0817. The van der Waals surface area contributed by atoms with Gasteiger partial charge >= 0.3 is 0 Å². The Hall–Kier alpha value is -1.39. The van der Waals surface area contributed by atoms with E-state index < -0.39 is 12.1 Å². The molecule has 4 nitrogen and oxygen atoms in total. The van der Waals surface area contributed by atoms with Crippen LogP contribution < -0.4 is 5.32 Å². The van der Waals surface area contributed by atoms with E-state index in [9.17, 15) is 15.0 Å². The first-order chi connectivity index (χ1) is 17.7. The predicted octanol–water partition coefficient (Wildman–Crippen LogP) is 8.33. The zero-order chi connectivity index (χ0) is 26.5. The predicted molar refractivity (Wildman–Crippen MR) is 156 cm³/mol. The van der Waals surface area contributed by atoms with E-state index in [4.69, 9.17) is 0 Å². The lowest BCUT2D eigenvalue weighted by Crippen LogP contribution is -2.45. The van der Waals surface area contributed by atoms with Gasteiger partial charge in [0, 0.05) is 6.42 Å². The van der Waals surface area contributed by atoms with Crippen LogP contribution in [0.2, 0.25) is 0 Å². The molecule has 0 aromatic carbocycles. The van der Waals surface area contributed by atoms with E-state index in [1.165, 1.54) is 89.9 Å². The highest BCUT2D eigenvalue weighted by atomic mass is 16.3. The maximum absolute atomic E-state index is 12.1. The first kappa shape index (κ1) is 34.6. The number of hydrogen-bond acceptors (Lipinski definition) is 3. The number of nitrogens with one attached hydrogen (secondary N) is 1. The summed E-state index contributed by atoms with van der Waals surface area (Å²) in [5.74, 6) is -0.0791. The van der Waals surface area contributed by atoms with Crippen LogP contribution in [0.5, 0.6) is 0 Å². The van der Waals surface area contributed by atoms with Crippen LogP contribution in [0, 0.1) is 0 Å². The van der Waals surface area contributed by atoms with Gasteiger partial charge in [-0.1, -0.05) is 121 Å². The summed E-state index contributed by atoms with van der Waals surface area (Å²) >= 11 is 0. The molecule has 0 heterocycles. The van der Waals surface area contributed by atoms with Crippen molar-refractivity contribution < 1.29 is 15.0 Å². The number of carbonyl (C=O) groups is 1. The number of aliphatic hydroxyl groups is 2. The van der Waals surface area contributed by atoms with Crippen LogP contribution in [0.25, 0.3) is 0 Å². The fraction of sp³-hybridized carbons (Fsp3) is 0.781. The van der Waals surface area contributed by atoms with Gasteiger partial charge in [0.05, 0.1) is 18.8 Å². The summed E-state index contributed by atoms with van der Waals surface area (Å²) in [7, 11) is 0. The normalized spacial score (nSPS) is 13.8. The zero-order valence-corrected chi connectivity index (χ0v) is 23.8. The average molecular weight is 506 g/mol. The smallest absolute Gasteiger partial charge is 0.220 e. The lowest BCUT2D eigenvalue weighted by molar-refractivity contribution is -0.123. The van der Waals surface area contributed by atoms with Gasteiger partial charge in [-0.3, -0.25) is 4.79 Å². The standard InChI is InChI=1S/C32H59NO3/c1-3-5-7-9-10-11-12-13-14-15-16-17-18-19-20-21-22-24-26-28-32(36)33-30(29-34)31(35)27-25-23-8-6-4-2/h10-11,13-14,25,27,30-31,34-35H,3-9,12,15-24,26,28-29H2,1-2H3,(H,33,36)/b11-10-,14-13-,27-25+. The second-order valence-corrected chi connectivity index (χ2v) is 10.2. The van der Waals surface area contributed by atoms with Crippen LogP contribution >= 0.6 is 0 Å². The number of carbonyl (C=O) groups excluding carboxylic acids is 1. The molecule has 2 unspecified atom stereocenters. The molecule has 0 aliphatic carbocycles. The molecule has 2 atom stereocenters. The summed E-state index contributed by atoms with van der Waals surface area (Å²) in [6.07, 6.45) is 35.3. The molecule has 0 aliphatic heterocycles. The highest BCUT2D eigenvalue weighted by Crippen LogP contribution is 2.12. The van der Waals surface area contributed by atoms with Gasteiger partial charge in [0.2, 0.25) is 5.91 Å². The monoisotopic (exact) mass is 505 g/mol. The molecule has 0 aromatic rings. The third-order valence-corrected chi connectivity index (χ3v) is 6.62. The van der Waals surface area contributed by atoms with Crippen molar-refractivity contribution in [3.05, 3.63) is 36.5 Å². The van der Waals surface area contributed by atoms with Crippen molar-refractivity contribution in [1.29, 1.82) is 0 Å². The van der Waals surface area contributed by atoms with Gasteiger partial charge in [0.15, 0.2) is 0 Å². The minimum absolute atomic E-state index is 0.0791. The Bertz CT molecular complexity index is 556. The molecule has 0 spiro atoms. The zero-order valence-electron chi connectivity index (χ0n) is 23.8. The topological polar surface area (TPSA) is 69.6 Å². The van der Waals surface area contributed by atoms with Crippen molar-refractivity contribution in [3.63, 3.8) is 0 Å². The third-order valence-electron chi connectivity index (χ3n) is 6.62. The van der Waals surface area contributed by atoms with Crippen molar-refractivity contribution in [2.75, 3.05) is 6.61 Å². The summed E-state index contributed by atoms with van der Waals surface area (Å²) in [6.45, 7) is 4.16. The fourth-order valence-corrected chi connectivity index (χ4v) is 4.20. The molecule has 4 heteroatoms. The van der Waals surface area contributed by atoms with Gasteiger partial charge in [-0.15, -0.1) is 0 Å². The molecule has 0 fully saturated rings. The second-order valence-electron chi connectivity index (χ2n) is 10.2. The molecular weight excluding hydrogens is 446 g/mol. The van der Waals surface area contributed by atoms with E-state index in [1.807, 2.05) is 6.08 Å². The maximum Gasteiger partial charge on any atom is 0.220 e. The Kier molecular flexibility index (Phi) is 27.1. The van der Waals surface area contributed by atoms with E-state index in [2.05, 4.69) is 43.5 Å². The minimum atomic E-state index is -0.834. The van der Waals surface area contributed by atoms with Crippen molar-refractivity contribution in [3.8, 4) is 0 Å². The molecule has 0 saturated carbocycles. The van der Waals surface area contributed by atoms with Crippen LogP contribution in [0.15, 0.2) is 36.5 Å². The van der Waals surface area contributed by atoms with E-state index >= 15 is 0 Å². The Morgan fingerprint density at radius 3 is 1.67 bits per heavy atom. The average Bonchev–Trinajstić information content (AvgIpc) is 2.88. The maximum atomic E-state index is 12.1. The molecular formula is C32H59NO3. The summed E-state index contributed by atoms with van der Waals surface area (Å²) < 4.78 is 0. The van der Waals surface area contributed by atoms with Gasteiger partial charge in [0.25, 0.3) is 0 Å². The first-order valence-corrected chi connectivity index (χ1v) is 15.2. The van der Waals surface area contributed by atoms with Gasteiger partial charge in [0.1, 0.15) is 0 Å². The van der Waals surface area contributed by atoms with Crippen LogP contribution in [0.4, 0.5) is 0 Å². The Morgan fingerprint density at radius 2 is 1.14 bits per heavy atom. The molecule has 0 rings (SSSR count). The molecule has 36 heavy (non-hydrogen) atoms. The number of rotatable bonds is 26. The van der Waals surface area contributed by atoms with E-state index in [-0.39, 0.29) is 12.5 Å². The third kappa shape index (κ3) is 24.3. The SMILES string of the molecule is CCCCC/C=C\C/C=C\CCCCCCCCCCCC(=O)NC(CO)C(O)/C=C/CCCCC. The largest absolute Gasteiger partial charge is 0.394 e. The summed E-state index contributed by atoms with van der Waals surface area (Å²) in [4.78, 5) is 12.1. The molecule has 0 radical (unpaired) electrons. The second kappa shape index (κ2) is 28.2. The molecule has 0 saturated heterocycles. The van der Waals surface area contributed by atoms with E-state index in [1.54, 1.807) is 6.08 Å². The molecule has 1 amide bonds. The summed E-state index contributed by atoms with van der Waals surface area (Å²) in [6, 6.07) is -0.618. The van der Waals surface area contributed by atoms with Crippen molar-refractivity contribution in [1.82, 2.24) is 5.32 Å². The first-order valence-electron chi connectivity index (χ1n) is 15.2. The lowest BCUT2D eigenvalue weighted by Gasteiger charge is -2.20. The van der Waals surface area contributed by atoms with E-state index in [0.29, 0.717) is 6.42 Å². The number of hydrogen-bond donors (Lipinski definition) is 3. The number of amides is 1. The summed E-state index contributed by atoms with van der Waals surface area (Å²) in [5, 5.41) is 22.5. The van der Waals surface area contributed by atoms with Crippen LogP contribution in [0.1, 0.15) is 142 Å². The molecule has 0 aliphatic rings. The highest BCUT2D eigenvalue weighted by molar-refractivity contribution is 5.76.